The molecule has 4 heteroatoms. The second kappa shape index (κ2) is 6.97. The van der Waals surface area contributed by atoms with E-state index in [4.69, 9.17) is 5.26 Å². The van der Waals surface area contributed by atoms with Gasteiger partial charge in [0.2, 0.25) is 0 Å². The van der Waals surface area contributed by atoms with Crippen molar-refractivity contribution >= 4 is 5.69 Å². The molecule has 0 aliphatic heterocycles. The van der Waals surface area contributed by atoms with Gasteiger partial charge in [-0.1, -0.05) is 0 Å². The second-order valence-electron chi connectivity index (χ2n) is 4.70. The number of benzene rings is 1. The van der Waals surface area contributed by atoms with Crippen LogP contribution in [0.15, 0.2) is 18.2 Å². The number of halogens is 1. The Morgan fingerprint density at radius 2 is 2.11 bits per heavy atom. The maximum absolute atomic E-state index is 13.2. The summed E-state index contributed by atoms with van der Waals surface area (Å²) in [5, 5.41) is 11.9. The zero-order chi connectivity index (χ0) is 13.5. The van der Waals surface area contributed by atoms with E-state index in [0.717, 1.165) is 19.5 Å². The predicted octanol–water partition coefficient (Wildman–Crippen LogP) is 2.84. The number of rotatable bonds is 6. The molecule has 0 radical (unpaired) electrons. The van der Waals surface area contributed by atoms with Crippen LogP contribution in [0.25, 0.3) is 0 Å². The van der Waals surface area contributed by atoms with Crippen LogP contribution in [0.4, 0.5) is 10.1 Å². The Hall–Kier alpha value is -1.60. The molecule has 0 aromatic heterocycles. The van der Waals surface area contributed by atoms with Gasteiger partial charge >= 0.3 is 0 Å². The molecule has 0 saturated heterocycles. The fraction of sp³-hybridized carbons (Fsp3) is 0.500. The number of hydrogen-bond acceptors (Lipinski definition) is 3. The lowest BCUT2D eigenvalue weighted by molar-refractivity contribution is 0.273. The summed E-state index contributed by atoms with van der Waals surface area (Å²) >= 11 is 0. The maximum Gasteiger partial charge on any atom is 0.126 e. The molecule has 0 aliphatic carbocycles. The van der Waals surface area contributed by atoms with Gasteiger partial charge in [0.25, 0.3) is 0 Å². The molecule has 0 atom stereocenters. The number of nitrogens with one attached hydrogen (secondary N) is 1. The Balaban J connectivity index is 2.40. The van der Waals surface area contributed by atoms with E-state index < -0.39 is 0 Å². The lowest BCUT2D eigenvalue weighted by Crippen LogP contribution is -2.28. The van der Waals surface area contributed by atoms with Crippen molar-refractivity contribution in [2.24, 2.45) is 0 Å². The molecule has 3 nitrogen and oxygen atoms in total. The van der Waals surface area contributed by atoms with E-state index in [1.54, 1.807) is 6.07 Å². The number of nitrogens with zero attached hydrogens (tertiary/aromatic N) is 2. The lowest BCUT2D eigenvalue weighted by Gasteiger charge is -2.20. The van der Waals surface area contributed by atoms with Crippen molar-refractivity contribution in [3.8, 4) is 6.07 Å². The summed E-state index contributed by atoms with van der Waals surface area (Å²) in [6.45, 7) is 6.06. The molecule has 0 aliphatic rings. The van der Waals surface area contributed by atoms with Crippen LogP contribution < -0.4 is 5.32 Å². The van der Waals surface area contributed by atoms with Crippen LogP contribution in [0.1, 0.15) is 25.8 Å². The first kappa shape index (κ1) is 14.5. The van der Waals surface area contributed by atoms with E-state index >= 15 is 0 Å². The molecule has 0 spiro atoms. The van der Waals surface area contributed by atoms with Crippen LogP contribution in [0.2, 0.25) is 0 Å². The van der Waals surface area contributed by atoms with Gasteiger partial charge in [0.15, 0.2) is 0 Å². The average Bonchev–Trinajstić information content (AvgIpc) is 2.33. The van der Waals surface area contributed by atoms with Gasteiger partial charge in [-0.2, -0.15) is 5.26 Å². The first-order chi connectivity index (χ1) is 8.52. The lowest BCUT2D eigenvalue weighted by atomic mass is 10.2. The van der Waals surface area contributed by atoms with Crippen molar-refractivity contribution in [1.29, 1.82) is 5.26 Å². The molecule has 0 fully saturated rings. The largest absolute Gasteiger partial charge is 0.385 e. The molecule has 0 unspecified atom stereocenters. The predicted molar refractivity (Wildman–Crippen MR) is 72.0 cm³/mol. The molecule has 1 aromatic carbocycles. The molecule has 18 heavy (non-hydrogen) atoms. The van der Waals surface area contributed by atoms with Crippen molar-refractivity contribution in [3.05, 3.63) is 29.6 Å². The minimum Gasteiger partial charge on any atom is -0.385 e. The van der Waals surface area contributed by atoms with Crippen LogP contribution in [0.3, 0.4) is 0 Å². The van der Waals surface area contributed by atoms with E-state index in [2.05, 4.69) is 31.1 Å². The first-order valence-electron chi connectivity index (χ1n) is 6.17. The van der Waals surface area contributed by atoms with Crippen LogP contribution in [-0.4, -0.2) is 31.1 Å². The molecule has 0 heterocycles. The zero-order valence-electron chi connectivity index (χ0n) is 11.2. The summed E-state index contributed by atoms with van der Waals surface area (Å²) in [6.07, 6.45) is 0.979. The highest BCUT2D eigenvalue weighted by Crippen LogP contribution is 2.13. The van der Waals surface area contributed by atoms with Crippen molar-refractivity contribution in [2.45, 2.75) is 26.3 Å². The Morgan fingerprint density at radius 1 is 1.39 bits per heavy atom. The van der Waals surface area contributed by atoms with Crippen LogP contribution in [-0.2, 0) is 0 Å². The maximum atomic E-state index is 13.2. The van der Waals surface area contributed by atoms with Gasteiger partial charge in [0, 0.05) is 18.3 Å². The molecule has 1 rings (SSSR count). The Morgan fingerprint density at radius 3 is 2.72 bits per heavy atom. The highest BCUT2D eigenvalue weighted by molar-refractivity contribution is 5.49. The summed E-state index contributed by atoms with van der Waals surface area (Å²) in [5.41, 5.74) is 1.01. The quantitative estimate of drug-likeness (QED) is 0.788. The van der Waals surface area contributed by atoms with Crippen LogP contribution in [0, 0.1) is 17.1 Å². The van der Waals surface area contributed by atoms with Gasteiger partial charge in [-0.15, -0.1) is 0 Å². The van der Waals surface area contributed by atoms with E-state index in [-0.39, 0.29) is 5.82 Å². The second-order valence-corrected chi connectivity index (χ2v) is 4.70. The highest BCUT2D eigenvalue weighted by atomic mass is 19.1. The monoisotopic (exact) mass is 249 g/mol. The molecule has 0 amide bonds. The van der Waals surface area contributed by atoms with E-state index in [1.165, 1.54) is 12.1 Å². The normalized spacial score (nSPS) is 10.7. The standard InChI is InChI=1S/C14H20FN3/c1-11(2)18(3)6-4-5-17-14-8-12(10-16)7-13(15)9-14/h7-9,11,17H,4-6H2,1-3H3. The molecule has 1 N–H and O–H groups in total. The average molecular weight is 249 g/mol. The Labute approximate surface area is 108 Å². The summed E-state index contributed by atoms with van der Waals surface area (Å²) in [5.74, 6) is -0.379. The van der Waals surface area contributed by atoms with E-state index in [9.17, 15) is 4.39 Å². The van der Waals surface area contributed by atoms with E-state index in [1.807, 2.05) is 6.07 Å². The van der Waals surface area contributed by atoms with Gasteiger partial charge < -0.3 is 10.2 Å². The molecular weight excluding hydrogens is 229 g/mol. The molecular formula is C14H20FN3. The first-order valence-corrected chi connectivity index (χ1v) is 6.17. The van der Waals surface area contributed by atoms with Crippen molar-refractivity contribution in [1.82, 2.24) is 4.90 Å². The zero-order valence-corrected chi connectivity index (χ0v) is 11.2. The minimum absolute atomic E-state index is 0.344. The van der Waals surface area contributed by atoms with Crippen molar-refractivity contribution < 1.29 is 4.39 Å². The third-order valence-corrected chi connectivity index (χ3v) is 2.93. The van der Waals surface area contributed by atoms with Crippen LogP contribution in [0.5, 0.6) is 0 Å². The summed E-state index contributed by atoms with van der Waals surface area (Å²) in [4.78, 5) is 2.26. The van der Waals surface area contributed by atoms with Gasteiger partial charge in [0.1, 0.15) is 5.82 Å². The Kier molecular flexibility index (Phi) is 5.60. The molecule has 98 valence electrons. The van der Waals surface area contributed by atoms with Crippen molar-refractivity contribution in [3.63, 3.8) is 0 Å². The summed E-state index contributed by atoms with van der Waals surface area (Å²) < 4.78 is 13.2. The van der Waals surface area contributed by atoms with E-state index in [0.29, 0.717) is 17.3 Å². The number of anilines is 1. The van der Waals surface area contributed by atoms with Gasteiger partial charge in [0.05, 0.1) is 11.6 Å². The molecule has 1 aromatic rings. The molecule has 0 bridgehead atoms. The highest BCUT2D eigenvalue weighted by Gasteiger charge is 2.03. The SMILES string of the molecule is CC(C)N(C)CCCNc1cc(F)cc(C#N)c1. The topological polar surface area (TPSA) is 39.1 Å². The number of hydrogen-bond donors (Lipinski definition) is 1. The third-order valence-electron chi connectivity index (χ3n) is 2.93. The van der Waals surface area contributed by atoms with Crippen LogP contribution >= 0.6 is 0 Å². The van der Waals surface area contributed by atoms with Gasteiger partial charge in [-0.05, 0) is 52.1 Å². The fourth-order valence-corrected chi connectivity index (χ4v) is 1.58. The van der Waals surface area contributed by atoms with Crippen molar-refractivity contribution in [2.75, 3.05) is 25.5 Å². The minimum atomic E-state index is -0.379. The van der Waals surface area contributed by atoms with Gasteiger partial charge in [-0.25, -0.2) is 4.39 Å². The number of nitriles is 1. The summed E-state index contributed by atoms with van der Waals surface area (Å²) in [6, 6.07) is 6.78. The molecule has 0 saturated carbocycles. The van der Waals surface area contributed by atoms with Gasteiger partial charge in [-0.3, -0.25) is 0 Å². The smallest absolute Gasteiger partial charge is 0.126 e. The fourth-order valence-electron chi connectivity index (χ4n) is 1.58. The Bertz CT molecular complexity index is 424. The third kappa shape index (κ3) is 4.72. The summed E-state index contributed by atoms with van der Waals surface area (Å²) in [7, 11) is 2.08.